The Balaban J connectivity index is 2.02. The van der Waals surface area contributed by atoms with E-state index in [1.54, 1.807) is 0 Å². The van der Waals surface area contributed by atoms with Gasteiger partial charge in [0.1, 0.15) is 0 Å². The minimum absolute atomic E-state index is 0.0434. The molecule has 0 heterocycles. The maximum atomic E-state index is 12.5. The molecule has 0 aromatic heterocycles. The summed E-state index contributed by atoms with van der Waals surface area (Å²) in [5.41, 5.74) is 6.02. The normalized spacial score (nSPS) is 34.9. The molecule has 2 N–H and O–H groups in total. The highest BCUT2D eigenvalue weighted by Crippen LogP contribution is 2.34. The molecule has 0 saturated heterocycles. The summed E-state index contributed by atoms with van der Waals surface area (Å²) in [6.45, 7) is 2.05. The van der Waals surface area contributed by atoms with Crippen molar-refractivity contribution in [1.29, 1.82) is 0 Å². The highest BCUT2D eigenvalue weighted by molar-refractivity contribution is 5.80. The predicted molar refractivity (Wildman–Crippen MR) is 69.6 cm³/mol. The molecule has 2 saturated carbocycles. The Hall–Kier alpha value is -0.570. The average Bonchev–Trinajstić information content (AvgIpc) is 2.80. The molecule has 3 nitrogen and oxygen atoms in total. The monoisotopic (exact) mass is 238 g/mol. The van der Waals surface area contributed by atoms with Crippen LogP contribution in [0.1, 0.15) is 58.3 Å². The maximum absolute atomic E-state index is 12.5. The van der Waals surface area contributed by atoms with Gasteiger partial charge in [0.15, 0.2) is 0 Å². The van der Waals surface area contributed by atoms with Crippen LogP contribution >= 0.6 is 0 Å². The molecule has 0 spiro atoms. The van der Waals surface area contributed by atoms with Crippen LogP contribution in [-0.2, 0) is 4.79 Å². The summed E-state index contributed by atoms with van der Waals surface area (Å²) in [5.74, 6) is 0.337. The lowest BCUT2D eigenvalue weighted by atomic mass is 9.74. The van der Waals surface area contributed by atoms with Gasteiger partial charge in [-0.25, -0.2) is 0 Å². The van der Waals surface area contributed by atoms with Gasteiger partial charge in [0, 0.05) is 18.6 Å². The Labute approximate surface area is 105 Å². The third kappa shape index (κ3) is 2.65. The molecule has 2 aliphatic rings. The Morgan fingerprint density at radius 1 is 1.18 bits per heavy atom. The Kier molecular flexibility index (Phi) is 3.76. The molecule has 2 unspecified atom stereocenters. The molecule has 2 rings (SSSR count). The molecule has 3 heteroatoms. The fourth-order valence-electron chi connectivity index (χ4n) is 3.48. The summed E-state index contributed by atoms with van der Waals surface area (Å²) in [6.07, 6.45) is 9.18. The molecule has 2 fully saturated rings. The van der Waals surface area contributed by atoms with E-state index in [0.29, 0.717) is 11.9 Å². The quantitative estimate of drug-likeness (QED) is 0.802. The predicted octanol–water partition coefficient (Wildman–Crippen LogP) is 2.29. The standard InChI is InChI=1S/C14H26N2O/c1-14(15)10-6-5-9-12(14)13(17)16(2)11-7-3-4-8-11/h11-12H,3-10,15H2,1-2H3. The SMILES string of the molecule is CN(C(=O)C1CCCCC1(C)N)C1CCCC1. The van der Waals surface area contributed by atoms with Crippen molar-refractivity contribution in [2.75, 3.05) is 7.05 Å². The zero-order valence-electron chi connectivity index (χ0n) is 11.2. The molecule has 98 valence electrons. The highest BCUT2D eigenvalue weighted by Gasteiger charge is 2.40. The lowest BCUT2D eigenvalue weighted by molar-refractivity contribution is -0.139. The molecule has 2 aliphatic carbocycles. The zero-order chi connectivity index (χ0) is 12.5. The summed E-state index contributed by atoms with van der Waals surface area (Å²) in [7, 11) is 1.98. The summed E-state index contributed by atoms with van der Waals surface area (Å²) < 4.78 is 0. The number of nitrogens with two attached hydrogens (primary N) is 1. The van der Waals surface area contributed by atoms with Gasteiger partial charge in [-0.15, -0.1) is 0 Å². The van der Waals surface area contributed by atoms with Crippen molar-refractivity contribution < 1.29 is 4.79 Å². The molecule has 0 radical (unpaired) electrons. The van der Waals surface area contributed by atoms with E-state index < -0.39 is 0 Å². The summed E-state index contributed by atoms with van der Waals surface area (Å²) in [4.78, 5) is 14.5. The molecular formula is C14H26N2O. The van der Waals surface area contributed by atoms with E-state index in [9.17, 15) is 4.79 Å². The van der Waals surface area contributed by atoms with Crippen molar-refractivity contribution in [2.45, 2.75) is 69.9 Å². The fourth-order valence-corrected chi connectivity index (χ4v) is 3.48. The van der Waals surface area contributed by atoms with Crippen LogP contribution in [0.3, 0.4) is 0 Å². The minimum atomic E-state index is -0.289. The van der Waals surface area contributed by atoms with E-state index in [1.807, 2.05) is 11.9 Å². The van der Waals surface area contributed by atoms with Crippen LogP contribution in [0, 0.1) is 5.92 Å². The Morgan fingerprint density at radius 2 is 1.76 bits per heavy atom. The second-order valence-electron chi connectivity index (χ2n) is 6.19. The third-order valence-corrected chi connectivity index (χ3v) is 4.77. The first-order valence-corrected chi connectivity index (χ1v) is 7.08. The van der Waals surface area contributed by atoms with Gasteiger partial charge in [0.25, 0.3) is 0 Å². The van der Waals surface area contributed by atoms with Crippen molar-refractivity contribution in [2.24, 2.45) is 11.7 Å². The minimum Gasteiger partial charge on any atom is -0.342 e. The van der Waals surface area contributed by atoms with E-state index in [2.05, 4.69) is 6.92 Å². The average molecular weight is 238 g/mol. The van der Waals surface area contributed by atoms with E-state index in [1.165, 1.54) is 32.1 Å². The summed E-state index contributed by atoms with van der Waals surface area (Å²) >= 11 is 0. The number of hydrogen-bond acceptors (Lipinski definition) is 2. The first-order chi connectivity index (χ1) is 8.02. The van der Waals surface area contributed by atoms with Crippen molar-refractivity contribution in [1.82, 2.24) is 4.90 Å². The van der Waals surface area contributed by atoms with Gasteiger partial charge in [0.05, 0.1) is 5.92 Å². The van der Waals surface area contributed by atoms with E-state index >= 15 is 0 Å². The molecule has 0 aromatic carbocycles. The number of carbonyl (C=O) groups excluding carboxylic acids is 1. The number of rotatable bonds is 2. The molecule has 0 aliphatic heterocycles. The number of amides is 1. The maximum Gasteiger partial charge on any atom is 0.227 e. The van der Waals surface area contributed by atoms with Gasteiger partial charge < -0.3 is 10.6 Å². The molecule has 2 atom stereocenters. The van der Waals surface area contributed by atoms with Crippen LogP contribution in [0.5, 0.6) is 0 Å². The first-order valence-electron chi connectivity index (χ1n) is 7.08. The van der Waals surface area contributed by atoms with E-state index in [4.69, 9.17) is 5.73 Å². The fraction of sp³-hybridized carbons (Fsp3) is 0.929. The van der Waals surface area contributed by atoms with Gasteiger partial charge in [-0.1, -0.05) is 25.7 Å². The molecule has 1 amide bonds. The van der Waals surface area contributed by atoms with Gasteiger partial charge in [-0.05, 0) is 32.6 Å². The largest absolute Gasteiger partial charge is 0.342 e. The van der Waals surface area contributed by atoms with Gasteiger partial charge in [-0.2, -0.15) is 0 Å². The van der Waals surface area contributed by atoms with Crippen LogP contribution in [-0.4, -0.2) is 29.4 Å². The van der Waals surface area contributed by atoms with E-state index in [0.717, 1.165) is 19.3 Å². The van der Waals surface area contributed by atoms with Gasteiger partial charge in [0.2, 0.25) is 5.91 Å². The van der Waals surface area contributed by atoms with Crippen molar-refractivity contribution >= 4 is 5.91 Å². The second kappa shape index (κ2) is 4.97. The van der Waals surface area contributed by atoms with Gasteiger partial charge in [-0.3, -0.25) is 4.79 Å². The van der Waals surface area contributed by atoms with Gasteiger partial charge >= 0.3 is 0 Å². The lowest BCUT2D eigenvalue weighted by Crippen LogP contribution is -2.54. The van der Waals surface area contributed by atoms with Crippen LogP contribution in [0.4, 0.5) is 0 Å². The topological polar surface area (TPSA) is 46.3 Å². The van der Waals surface area contributed by atoms with E-state index in [-0.39, 0.29) is 11.5 Å². The third-order valence-electron chi connectivity index (χ3n) is 4.77. The van der Waals surface area contributed by atoms with Crippen molar-refractivity contribution in [3.63, 3.8) is 0 Å². The van der Waals surface area contributed by atoms with Crippen LogP contribution in [0.2, 0.25) is 0 Å². The molecule has 17 heavy (non-hydrogen) atoms. The Morgan fingerprint density at radius 3 is 2.35 bits per heavy atom. The number of hydrogen-bond donors (Lipinski definition) is 1. The Bertz CT molecular complexity index is 282. The second-order valence-corrected chi connectivity index (χ2v) is 6.19. The lowest BCUT2D eigenvalue weighted by Gasteiger charge is -2.40. The smallest absolute Gasteiger partial charge is 0.227 e. The van der Waals surface area contributed by atoms with Crippen LogP contribution < -0.4 is 5.73 Å². The number of nitrogens with zero attached hydrogens (tertiary/aromatic N) is 1. The first kappa shape index (κ1) is 12.9. The molecule has 0 bridgehead atoms. The summed E-state index contributed by atoms with van der Waals surface area (Å²) in [5, 5.41) is 0. The molecule has 0 aromatic rings. The van der Waals surface area contributed by atoms with Crippen LogP contribution in [0.25, 0.3) is 0 Å². The summed E-state index contributed by atoms with van der Waals surface area (Å²) in [6, 6.07) is 0.472. The van der Waals surface area contributed by atoms with Crippen molar-refractivity contribution in [3.8, 4) is 0 Å². The number of carbonyl (C=O) groups is 1. The van der Waals surface area contributed by atoms with Crippen molar-refractivity contribution in [3.05, 3.63) is 0 Å². The molecular weight excluding hydrogens is 212 g/mol. The zero-order valence-corrected chi connectivity index (χ0v) is 11.2. The van der Waals surface area contributed by atoms with Crippen LogP contribution in [0.15, 0.2) is 0 Å². The highest BCUT2D eigenvalue weighted by atomic mass is 16.2.